The normalized spacial score (nSPS) is 11.1. The lowest BCUT2D eigenvalue weighted by Crippen LogP contribution is -2.12. The highest BCUT2D eigenvalue weighted by molar-refractivity contribution is 6.09. The predicted octanol–water partition coefficient (Wildman–Crippen LogP) is 3.33. The number of nitrogens with two attached hydrogens (primary N) is 1. The maximum atomic E-state index is 12.4. The summed E-state index contributed by atoms with van der Waals surface area (Å²) in [5.41, 5.74) is 8.94. The zero-order valence-electron chi connectivity index (χ0n) is 11.7. The first kappa shape index (κ1) is 12.6. The van der Waals surface area contributed by atoms with E-state index in [1.807, 2.05) is 60.7 Å². The van der Waals surface area contributed by atoms with E-state index < -0.39 is 0 Å². The number of benzene rings is 3. The fourth-order valence-electron chi connectivity index (χ4n) is 2.73. The second-order valence-corrected chi connectivity index (χ2v) is 5.19. The molecule has 4 nitrogen and oxygen atoms in total. The van der Waals surface area contributed by atoms with Gasteiger partial charge in [0.25, 0.3) is 5.56 Å². The van der Waals surface area contributed by atoms with Crippen molar-refractivity contribution in [3.05, 3.63) is 71.0 Å². The van der Waals surface area contributed by atoms with E-state index in [4.69, 9.17) is 5.73 Å². The Kier molecular flexibility index (Phi) is 2.69. The number of rotatable bonds is 1. The number of fused-ring (bicyclic) bond motifs is 3. The Labute approximate surface area is 126 Å². The summed E-state index contributed by atoms with van der Waals surface area (Å²) in [6.45, 7) is 0. The zero-order valence-corrected chi connectivity index (χ0v) is 11.7. The van der Waals surface area contributed by atoms with Crippen molar-refractivity contribution >= 4 is 27.5 Å². The molecule has 1 heterocycles. The fraction of sp³-hybridized carbons (Fsp3) is 0. The third-order valence-corrected chi connectivity index (χ3v) is 3.78. The van der Waals surface area contributed by atoms with Gasteiger partial charge in [-0.25, -0.2) is 4.98 Å². The highest BCUT2D eigenvalue weighted by Crippen LogP contribution is 2.28. The predicted molar refractivity (Wildman–Crippen MR) is 89.7 cm³/mol. The zero-order chi connectivity index (χ0) is 15.1. The SMILES string of the molecule is Nc1cc2ccccc2c2[nH]c(=O)c(-c3ccccc3)nc12. The lowest BCUT2D eigenvalue weighted by Gasteiger charge is -2.08. The molecule has 0 saturated carbocycles. The Balaban J connectivity index is 2.13. The second-order valence-electron chi connectivity index (χ2n) is 5.19. The molecule has 0 aliphatic rings. The second kappa shape index (κ2) is 4.70. The van der Waals surface area contributed by atoms with Crippen LogP contribution in [0.3, 0.4) is 0 Å². The van der Waals surface area contributed by atoms with Crippen LogP contribution in [0.2, 0.25) is 0 Å². The van der Waals surface area contributed by atoms with Crippen LogP contribution >= 0.6 is 0 Å². The molecule has 0 saturated heterocycles. The van der Waals surface area contributed by atoms with Crippen molar-refractivity contribution in [2.75, 3.05) is 5.73 Å². The van der Waals surface area contributed by atoms with Gasteiger partial charge in [-0.05, 0) is 11.5 Å². The molecule has 4 aromatic rings. The first-order valence-electron chi connectivity index (χ1n) is 7.01. The summed E-state index contributed by atoms with van der Waals surface area (Å²) in [6.07, 6.45) is 0. The summed E-state index contributed by atoms with van der Waals surface area (Å²) in [7, 11) is 0. The van der Waals surface area contributed by atoms with E-state index in [-0.39, 0.29) is 5.56 Å². The van der Waals surface area contributed by atoms with E-state index in [2.05, 4.69) is 9.97 Å². The third kappa shape index (κ3) is 1.85. The molecule has 3 N–H and O–H groups in total. The molecule has 0 unspecified atom stereocenters. The lowest BCUT2D eigenvalue weighted by atomic mass is 10.1. The summed E-state index contributed by atoms with van der Waals surface area (Å²) in [4.78, 5) is 19.9. The summed E-state index contributed by atoms with van der Waals surface area (Å²) in [5.74, 6) is 0. The summed E-state index contributed by atoms with van der Waals surface area (Å²) >= 11 is 0. The Morgan fingerprint density at radius 3 is 2.50 bits per heavy atom. The van der Waals surface area contributed by atoms with Crippen LogP contribution in [0.15, 0.2) is 65.5 Å². The van der Waals surface area contributed by atoms with Gasteiger partial charge in [0, 0.05) is 10.9 Å². The quantitative estimate of drug-likeness (QED) is 0.416. The van der Waals surface area contributed by atoms with Crippen molar-refractivity contribution in [3.8, 4) is 11.3 Å². The molecule has 0 amide bonds. The summed E-state index contributed by atoms with van der Waals surface area (Å²) in [5, 5.41) is 1.92. The topological polar surface area (TPSA) is 71.8 Å². The van der Waals surface area contributed by atoms with Crippen LogP contribution in [-0.2, 0) is 0 Å². The van der Waals surface area contributed by atoms with Gasteiger partial charge in [0.2, 0.25) is 0 Å². The van der Waals surface area contributed by atoms with Gasteiger partial charge in [-0.1, -0.05) is 54.6 Å². The molecule has 0 aliphatic carbocycles. The molecular formula is C18H13N3O. The number of nitrogens with one attached hydrogen (secondary N) is 1. The minimum Gasteiger partial charge on any atom is -0.397 e. The number of anilines is 1. The molecule has 106 valence electrons. The Hall–Kier alpha value is -3.14. The van der Waals surface area contributed by atoms with Gasteiger partial charge in [0.15, 0.2) is 0 Å². The van der Waals surface area contributed by atoms with Gasteiger partial charge >= 0.3 is 0 Å². The molecule has 0 spiro atoms. The maximum absolute atomic E-state index is 12.4. The van der Waals surface area contributed by atoms with Crippen LogP contribution in [-0.4, -0.2) is 9.97 Å². The molecule has 0 atom stereocenters. The van der Waals surface area contributed by atoms with Gasteiger partial charge in [-0.2, -0.15) is 0 Å². The van der Waals surface area contributed by atoms with Crippen molar-refractivity contribution in [1.82, 2.24) is 9.97 Å². The van der Waals surface area contributed by atoms with Crippen LogP contribution < -0.4 is 11.3 Å². The monoisotopic (exact) mass is 287 g/mol. The number of hydrogen-bond acceptors (Lipinski definition) is 3. The van der Waals surface area contributed by atoms with Crippen LogP contribution in [0.1, 0.15) is 0 Å². The van der Waals surface area contributed by atoms with Gasteiger partial charge < -0.3 is 10.7 Å². The van der Waals surface area contributed by atoms with Gasteiger partial charge in [0.1, 0.15) is 11.2 Å². The molecule has 0 aliphatic heterocycles. The van der Waals surface area contributed by atoms with E-state index in [0.717, 1.165) is 16.3 Å². The van der Waals surface area contributed by atoms with E-state index in [1.54, 1.807) is 0 Å². The van der Waals surface area contributed by atoms with E-state index in [9.17, 15) is 4.79 Å². The number of nitrogens with zero attached hydrogens (tertiary/aromatic N) is 1. The molecule has 1 aromatic heterocycles. The first-order valence-corrected chi connectivity index (χ1v) is 7.01. The van der Waals surface area contributed by atoms with Crippen LogP contribution in [0, 0.1) is 0 Å². The molecule has 4 rings (SSSR count). The minimum absolute atomic E-state index is 0.213. The Bertz CT molecular complexity index is 1050. The minimum atomic E-state index is -0.213. The molecule has 0 fully saturated rings. The first-order chi connectivity index (χ1) is 10.7. The van der Waals surface area contributed by atoms with Crippen molar-refractivity contribution in [1.29, 1.82) is 0 Å². The van der Waals surface area contributed by atoms with E-state index in [0.29, 0.717) is 22.4 Å². The highest BCUT2D eigenvalue weighted by atomic mass is 16.1. The van der Waals surface area contributed by atoms with Crippen molar-refractivity contribution < 1.29 is 0 Å². The summed E-state index contributed by atoms with van der Waals surface area (Å²) in [6, 6.07) is 19.1. The number of H-pyrrole nitrogens is 1. The van der Waals surface area contributed by atoms with E-state index in [1.165, 1.54) is 0 Å². The smallest absolute Gasteiger partial charge is 0.274 e. The average Bonchev–Trinajstić information content (AvgIpc) is 2.55. The van der Waals surface area contributed by atoms with Crippen molar-refractivity contribution in [2.45, 2.75) is 0 Å². The number of nitrogen functional groups attached to an aromatic ring is 1. The third-order valence-electron chi connectivity index (χ3n) is 3.78. The number of aromatic amines is 1. The lowest BCUT2D eigenvalue weighted by molar-refractivity contribution is 1.23. The van der Waals surface area contributed by atoms with Gasteiger partial charge in [-0.15, -0.1) is 0 Å². The van der Waals surface area contributed by atoms with Crippen molar-refractivity contribution in [2.24, 2.45) is 0 Å². The molecule has 0 bridgehead atoms. The van der Waals surface area contributed by atoms with Gasteiger partial charge in [0.05, 0.1) is 11.2 Å². The van der Waals surface area contributed by atoms with E-state index >= 15 is 0 Å². The standard InChI is InChI=1S/C18H13N3O/c19-14-10-12-8-4-5-9-13(12)16-17(14)20-15(18(22)21-16)11-6-2-1-3-7-11/h1-10H,19H2,(H,21,22). The largest absolute Gasteiger partial charge is 0.397 e. The highest BCUT2D eigenvalue weighted by Gasteiger charge is 2.11. The fourth-order valence-corrected chi connectivity index (χ4v) is 2.73. The number of hydrogen-bond donors (Lipinski definition) is 2. The average molecular weight is 287 g/mol. The summed E-state index contributed by atoms with van der Waals surface area (Å²) < 4.78 is 0. The molecule has 22 heavy (non-hydrogen) atoms. The Morgan fingerprint density at radius 1 is 0.955 bits per heavy atom. The van der Waals surface area contributed by atoms with Crippen molar-refractivity contribution in [3.63, 3.8) is 0 Å². The van der Waals surface area contributed by atoms with Crippen LogP contribution in [0.5, 0.6) is 0 Å². The molecule has 4 heteroatoms. The molecular weight excluding hydrogens is 274 g/mol. The van der Waals surface area contributed by atoms with Gasteiger partial charge in [-0.3, -0.25) is 4.79 Å². The van der Waals surface area contributed by atoms with Crippen LogP contribution in [0.25, 0.3) is 33.1 Å². The molecule has 0 radical (unpaired) electrons. The maximum Gasteiger partial charge on any atom is 0.274 e. The number of aromatic nitrogens is 2. The van der Waals surface area contributed by atoms with Crippen LogP contribution in [0.4, 0.5) is 5.69 Å². The Morgan fingerprint density at radius 2 is 1.68 bits per heavy atom. The molecule has 3 aromatic carbocycles.